The van der Waals surface area contributed by atoms with E-state index >= 15 is 0 Å². The van der Waals surface area contributed by atoms with E-state index in [9.17, 15) is 9.13 Å². The molecule has 0 heterocycles. The molecule has 0 bridgehead atoms. The Labute approximate surface area is 235 Å². The second-order valence-electron chi connectivity index (χ2n) is 7.86. The van der Waals surface area contributed by atoms with Gasteiger partial charge in [0.15, 0.2) is 6.04 Å². The Morgan fingerprint density at radius 2 is 1.05 bits per heavy atom. The van der Waals surface area contributed by atoms with Crippen molar-refractivity contribution in [3.63, 3.8) is 0 Å². The molecule has 0 aliphatic heterocycles. The molecule has 2 unspecified atom stereocenters. The predicted molar refractivity (Wildman–Crippen MR) is 157 cm³/mol. The molecule has 0 saturated carbocycles. The molecule has 0 aromatic heterocycles. The third-order valence-corrected chi connectivity index (χ3v) is 10.8. The summed E-state index contributed by atoms with van der Waals surface area (Å²) in [5.74, 6) is 40.1. The lowest BCUT2D eigenvalue weighted by Crippen LogP contribution is -2.35. The van der Waals surface area contributed by atoms with Gasteiger partial charge in [-0.1, -0.05) is 0 Å². The largest absolute Gasteiger partial charge is 0.343 e. The lowest BCUT2D eigenvalue weighted by atomic mass is 10.3. The first-order chi connectivity index (χ1) is 18.6. The van der Waals surface area contributed by atoms with Crippen LogP contribution in [0.1, 0.15) is 33.6 Å². The molecule has 39 heavy (non-hydrogen) atoms. The average molecular weight is 561 g/mol. The Kier molecular flexibility index (Phi) is 18.4. The Morgan fingerprint density at radius 1 is 0.667 bits per heavy atom. The zero-order valence-electron chi connectivity index (χ0n) is 23.3. The van der Waals surface area contributed by atoms with Gasteiger partial charge in [0, 0.05) is 48.1 Å². The van der Waals surface area contributed by atoms with Gasteiger partial charge in [0.2, 0.25) is 7.37 Å². The number of terminal acetylenes is 1. The molecule has 6 nitrogen and oxygen atoms in total. The van der Waals surface area contributed by atoms with Crippen LogP contribution in [0.4, 0.5) is 0 Å². The number of hydrogen-bond acceptors (Lipinski definition) is 5. The number of hydrogen-bond donors (Lipinski definition) is 0. The summed E-state index contributed by atoms with van der Waals surface area (Å²) >= 11 is 0. The van der Waals surface area contributed by atoms with E-state index in [4.69, 9.17) is 20.0 Å². The lowest BCUT2D eigenvalue weighted by molar-refractivity contribution is -0.822. The van der Waals surface area contributed by atoms with E-state index in [2.05, 4.69) is 101 Å². The highest BCUT2D eigenvalue weighted by Crippen LogP contribution is 2.69. The number of quaternary nitrogens is 1. The minimum absolute atomic E-state index is 0.183. The van der Waals surface area contributed by atoms with Crippen molar-refractivity contribution < 1.29 is 27.2 Å². The molecular weight excluding hydrogens is 528 g/mol. The molecule has 200 valence electrons. The van der Waals surface area contributed by atoms with Gasteiger partial charge in [-0.25, -0.2) is 0 Å². The second-order valence-corrected chi connectivity index (χ2v) is 13.2. The fourth-order valence-corrected chi connectivity index (χ4v) is 8.54. The third kappa shape index (κ3) is 16.7. The molecule has 0 aromatic rings. The van der Waals surface area contributed by atoms with Gasteiger partial charge in [0.05, 0.1) is 46.4 Å². The Morgan fingerprint density at radius 3 is 1.44 bits per heavy atom. The van der Waals surface area contributed by atoms with Crippen LogP contribution in [0.3, 0.4) is 0 Å². The Balaban J connectivity index is 5.15. The molecule has 0 aliphatic rings. The highest BCUT2D eigenvalue weighted by Gasteiger charge is 2.46. The average Bonchev–Trinajstić information content (AvgIpc) is 2.86. The van der Waals surface area contributed by atoms with E-state index < -0.39 is 20.4 Å². The summed E-state index contributed by atoms with van der Waals surface area (Å²) in [7, 11) is -3.05. The van der Waals surface area contributed by atoms with Crippen molar-refractivity contribution in [2.75, 3.05) is 47.1 Å². The Hall–Kier alpha value is -3.66. The molecule has 0 N–H and O–H groups in total. The van der Waals surface area contributed by atoms with E-state index in [0.29, 0.717) is 23.9 Å². The van der Waals surface area contributed by atoms with Crippen molar-refractivity contribution in [1.82, 2.24) is 0 Å². The van der Waals surface area contributed by atoms with Crippen LogP contribution in [-0.2, 0) is 22.7 Å². The molecule has 0 rings (SSSR count). The van der Waals surface area contributed by atoms with Crippen molar-refractivity contribution in [3.8, 4) is 107 Å². The normalized spacial score (nSPS) is 11.4. The minimum atomic E-state index is -3.63. The molecule has 0 fully saturated rings. The van der Waals surface area contributed by atoms with E-state index in [0.717, 1.165) is 0 Å². The summed E-state index contributed by atoms with van der Waals surface area (Å²) in [4.78, 5) is 0. The monoisotopic (exact) mass is 560 g/mol. The first-order valence-electron chi connectivity index (χ1n) is 12.0. The maximum absolute atomic E-state index is 13.4. The topological polar surface area (TPSA) is 61.8 Å². The van der Waals surface area contributed by atoms with E-state index in [1.807, 2.05) is 14.1 Å². The van der Waals surface area contributed by atoms with Crippen LogP contribution in [0.25, 0.3) is 0 Å². The van der Waals surface area contributed by atoms with Crippen molar-refractivity contribution in [1.29, 1.82) is 0 Å². The zero-order valence-corrected chi connectivity index (χ0v) is 25.1. The summed E-state index contributed by atoms with van der Waals surface area (Å²) in [5.41, 5.74) is 0. The van der Waals surface area contributed by atoms with Crippen LogP contribution in [0, 0.1) is 107 Å². The van der Waals surface area contributed by atoms with Gasteiger partial charge >= 0.3 is 7.60 Å². The summed E-state index contributed by atoms with van der Waals surface area (Å²) in [6.45, 7) is 7.89. The first kappa shape index (κ1) is 35.3. The van der Waals surface area contributed by atoms with Gasteiger partial charge < -0.3 is 13.6 Å². The molecule has 0 aromatic carbocycles. The molecule has 0 amide bonds. The predicted octanol–water partition coefficient (Wildman–Crippen LogP) is 4.00. The number of rotatable bonds is 12. The SMILES string of the molecule is C#CC#CC#CC#CC#CC#CC#CC#CC#C[N+](C)(C)CCCC(P(C)(=O)OCC)P(=O)(OCC)OCC. The highest BCUT2D eigenvalue weighted by molar-refractivity contribution is 7.74. The summed E-state index contributed by atoms with van der Waals surface area (Å²) < 4.78 is 43.5. The second kappa shape index (κ2) is 20.3. The van der Waals surface area contributed by atoms with E-state index in [-0.39, 0.29) is 19.8 Å². The van der Waals surface area contributed by atoms with Gasteiger partial charge in [-0.05, 0) is 81.0 Å². The maximum atomic E-state index is 13.4. The van der Waals surface area contributed by atoms with Gasteiger partial charge in [0.1, 0.15) is 5.40 Å². The van der Waals surface area contributed by atoms with Crippen molar-refractivity contribution in [3.05, 3.63) is 0 Å². The molecule has 0 saturated heterocycles. The maximum Gasteiger partial charge on any atom is 0.343 e. The fourth-order valence-electron chi connectivity index (χ4n) is 2.91. The van der Waals surface area contributed by atoms with Gasteiger partial charge in [-0.3, -0.25) is 13.6 Å². The molecule has 2 atom stereocenters. The van der Waals surface area contributed by atoms with Crippen LogP contribution in [0.2, 0.25) is 0 Å². The van der Waals surface area contributed by atoms with Gasteiger partial charge in [-0.15, -0.1) is 6.42 Å². The van der Waals surface area contributed by atoms with Crippen LogP contribution < -0.4 is 0 Å². The highest BCUT2D eigenvalue weighted by atomic mass is 31.2. The number of nitrogens with zero attached hydrogens (tertiary/aromatic N) is 1. The van der Waals surface area contributed by atoms with Crippen molar-refractivity contribution in [2.24, 2.45) is 0 Å². The molecule has 0 aliphatic carbocycles. The van der Waals surface area contributed by atoms with Crippen molar-refractivity contribution in [2.45, 2.75) is 39.0 Å². The first-order valence-corrected chi connectivity index (χ1v) is 15.7. The zero-order chi connectivity index (χ0) is 29.5. The van der Waals surface area contributed by atoms with E-state index in [1.165, 1.54) is 6.66 Å². The summed E-state index contributed by atoms with van der Waals surface area (Å²) in [5, 5.41) is -0.849. The summed E-state index contributed by atoms with van der Waals surface area (Å²) in [6, 6.07) is 3.04. The Bertz CT molecular complexity index is 1480. The van der Waals surface area contributed by atoms with Gasteiger partial charge in [-0.2, -0.15) is 0 Å². The lowest BCUT2D eigenvalue weighted by Gasteiger charge is -2.31. The smallest absolute Gasteiger partial charge is 0.328 e. The van der Waals surface area contributed by atoms with Crippen LogP contribution in [0.5, 0.6) is 0 Å². The van der Waals surface area contributed by atoms with E-state index in [1.54, 1.807) is 20.8 Å². The van der Waals surface area contributed by atoms with Crippen LogP contribution in [0.15, 0.2) is 0 Å². The van der Waals surface area contributed by atoms with Gasteiger partial charge in [0.25, 0.3) is 0 Å². The third-order valence-electron chi connectivity index (χ3n) is 4.40. The molecule has 0 spiro atoms. The standard InChI is InChI=1S/C31H32NO5P2/c1-8-12-13-14-15-16-17-18-19-20-21-22-23-24-25-26-29-32(5,6)30-27-28-31(38(7,33)35-9-2)39(34,36-10-3)37-11-4/h1,31H,9-11,27-28,30H2,2-7H3/q+1. The van der Waals surface area contributed by atoms with Crippen LogP contribution >= 0.6 is 15.0 Å². The summed E-state index contributed by atoms with van der Waals surface area (Å²) in [6.07, 6.45) is 5.86. The molecule has 0 radical (unpaired) electrons. The molecular formula is C31H32NO5P2+. The van der Waals surface area contributed by atoms with Crippen LogP contribution in [-0.4, -0.2) is 57.0 Å². The minimum Gasteiger partial charge on any atom is -0.328 e. The van der Waals surface area contributed by atoms with Crippen molar-refractivity contribution >= 4 is 15.0 Å². The molecule has 8 heteroatoms. The fraction of sp³-hybridized carbons (Fsp3) is 0.419. The quantitative estimate of drug-likeness (QED) is 0.205.